The Balaban J connectivity index is 1.13. The summed E-state index contributed by atoms with van der Waals surface area (Å²) < 4.78 is 13.6. The Kier molecular flexibility index (Phi) is 10.4. The van der Waals surface area contributed by atoms with Crippen LogP contribution in [0.2, 0.25) is 0 Å². The molecule has 10 aromatic rings. The van der Waals surface area contributed by atoms with E-state index in [0.29, 0.717) is 79.9 Å². The molecule has 0 N–H and O–H groups in total. The summed E-state index contributed by atoms with van der Waals surface area (Å²) in [6.45, 7) is 0. The molecule has 294 valence electrons. The molecular formula is C51H33N9O2. The fraction of sp³-hybridized carbons (Fsp3) is 0. The molecule has 11 heteroatoms. The van der Waals surface area contributed by atoms with E-state index >= 15 is 0 Å². The van der Waals surface area contributed by atoms with Gasteiger partial charge in [-0.1, -0.05) is 36.4 Å². The number of benzene rings is 1. The Morgan fingerprint density at radius 2 is 0.468 bits per heavy atom. The Morgan fingerprint density at radius 3 is 0.726 bits per heavy atom. The van der Waals surface area contributed by atoms with E-state index in [9.17, 15) is 0 Å². The maximum absolute atomic E-state index is 6.81. The molecule has 0 radical (unpaired) electrons. The summed E-state index contributed by atoms with van der Waals surface area (Å²) in [5, 5.41) is 0. The van der Waals surface area contributed by atoms with Gasteiger partial charge < -0.3 is 9.47 Å². The van der Waals surface area contributed by atoms with Crippen molar-refractivity contribution < 1.29 is 9.47 Å². The molecule has 0 saturated heterocycles. The van der Waals surface area contributed by atoms with Gasteiger partial charge in [-0.05, 0) is 108 Å². The van der Waals surface area contributed by atoms with Crippen LogP contribution < -0.4 is 9.47 Å². The first kappa shape index (κ1) is 37.4. The molecule has 0 saturated carbocycles. The molecule has 0 atom stereocenters. The van der Waals surface area contributed by atoms with E-state index in [4.69, 9.17) is 24.4 Å². The number of pyridine rings is 9. The number of ether oxygens (including phenoxy) is 2. The predicted octanol–water partition coefficient (Wildman–Crippen LogP) is 11.5. The highest BCUT2D eigenvalue weighted by Crippen LogP contribution is 2.39. The van der Waals surface area contributed by atoms with Crippen LogP contribution in [-0.4, -0.2) is 44.9 Å². The Bertz CT molecular complexity index is 2790. The van der Waals surface area contributed by atoms with Crippen molar-refractivity contribution in [2.24, 2.45) is 0 Å². The second-order valence-corrected chi connectivity index (χ2v) is 14.0. The van der Waals surface area contributed by atoms with E-state index in [-0.39, 0.29) is 0 Å². The first-order valence-corrected chi connectivity index (χ1v) is 19.7. The van der Waals surface area contributed by atoms with Crippen molar-refractivity contribution in [2.45, 2.75) is 0 Å². The van der Waals surface area contributed by atoms with Gasteiger partial charge in [-0.15, -0.1) is 0 Å². The molecule has 0 fully saturated rings. The van der Waals surface area contributed by atoms with Crippen molar-refractivity contribution in [1.82, 2.24) is 44.9 Å². The van der Waals surface area contributed by atoms with Crippen LogP contribution >= 0.6 is 0 Å². The molecule has 62 heavy (non-hydrogen) atoms. The van der Waals surface area contributed by atoms with Crippen molar-refractivity contribution in [3.8, 4) is 102 Å². The van der Waals surface area contributed by atoms with Gasteiger partial charge in [0.1, 0.15) is 23.0 Å². The van der Waals surface area contributed by atoms with E-state index in [1.54, 1.807) is 37.2 Å². The third-order valence-electron chi connectivity index (χ3n) is 9.67. The van der Waals surface area contributed by atoms with Gasteiger partial charge >= 0.3 is 0 Å². The van der Waals surface area contributed by atoms with Gasteiger partial charge in [0, 0.05) is 67.5 Å². The van der Waals surface area contributed by atoms with Crippen LogP contribution in [0.3, 0.4) is 0 Å². The number of hydrogen-bond donors (Lipinski definition) is 0. The second kappa shape index (κ2) is 17.2. The van der Waals surface area contributed by atoms with Gasteiger partial charge in [0.05, 0.1) is 68.3 Å². The molecule has 9 aromatic heterocycles. The lowest BCUT2D eigenvalue weighted by Gasteiger charge is -2.16. The lowest BCUT2D eigenvalue weighted by atomic mass is 10.0. The van der Waals surface area contributed by atoms with Crippen LogP contribution in [0.5, 0.6) is 23.0 Å². The maximum Gasteiger partial charge on any atom is 0.131 e. The van der Waals surface area contributed by atoms with E-state index in [1.165, 1.54) is 0 Å². The third-order valence-corrected chi connectivity index (χ3v) is 9.67. The highest BCUT2D eigenvalue weighted by atomic mass is 16.5. The largest absolute Gasteiger partial charge is 0.457 e. The molecule has 0 aliphatic heterocycles. The Hall–Kier alpha value is -8.83. The number of hydrogen-bond acceptors (Lipinski definition) is 11. The summed E-state index contributed by atoms with van der Waals surface area (Å²) >= 11 is 0. The van der Waals surface area contributed by atoms with Gasteiger partial charge in [-0.25, -0.2) is 15.0 Å². The van der Waals surface area contributed by atoms with E-state index in [2.05, 4.69) is 29.9 Å². The van der Waals surface area contributed by atoms with E-state index in [0.717, 1.165) is 22.5 Å². The normalized spacial score (nSPS) is 10.9. The molecule has 10 rings (SSSR count). The SMILES string of the molecule is c1ccc(-c2cc(Oc3cc(Oc4cc(-c5ccccn5)nc(-c5ccccn5)c4)cc(-c4cc(-c5ccccn5)nc(-c5ccccn5)c4)c3)cc(-c3ccccn3)n2)nc1. The summed E-state index contributed by atoms with van der Waals surface area (Å²) in [7, 11) is 0. The lowest BCUT2D eigenvalue weighted by Crippen LogP contribution is -1.97. The molecule has 0 bridgehead atoms. The topological polar surface area (TPSA) is 134 Å². The average Bonchev–Trinajstić information content (AvgIpc) is 3.35. The summed E-state index contributed by atoms with van der Waals surface area (Å²) in [6, 6.07) is 51.6. The molecular weight excluding hydrogens is 771 g/mol. The molecule has 0 aliphatic carbocycles. The number of aromatic nitrogens is 9. The molecule has 0 spiro atoms. The summed E-state index contributed by atoms with van der Waals surface area (Å²) in [5.41, 5.74) is 9.73. The van der Waals surface area contributed by atoms with Gasteiger partial charge in [0.25, 0.3) is 0 Å². The highest BCUT2D eigenvalue weighted by molar-refractivity contribution is 5.77. The molecule has 11 nitrogen and oxygen atoms in total. The molecule has 0 unspecified atom stereocenters. The summed E-state index contributed by atoms with van der Waals surface area (Å²) in [6.07, 6.45) is 10.5. The second-order valence-electron chi connectivity index (χ2n) is 14.0. The van der Waals surface area contributed by atoms with Gasteiger partial charge in [-0.2, -0.15) is 0 Å². The molecule has 0 amide bonds. The van der Waals surface area contributed by atoms with Crippen LogP contribution in [0, 0.1) is 0 Å². The Labute approximate surface area is 356 Å². The fourth-order valence-electron chi connectivity index (χ4n) is 6.83. The number of nitrogens with zero attached hydrogens (tertiary/aromatic N) is 9. The van der Waals surface area contributed by atoms with Crippen LogP contribution in [-0.2, 0) is 0 Å². The number of rotatable bonds is 11. The molecule has 0 aliphatic rings. The Morgan fingerprint density at radius 1 is 0.226 bits per heavy atom. The zero-order chi connectivity index (χ0) is 41.5. The summed E-state index contributed by atoms with van der Waals surface area (Å²) in [5.74, 6) is 2.06. The maximum atomic E-state index is 6.81. The lowest BCUT2D eigenvalue weighted by molar-refractivity contribution is 0.460. The van der Waals surface area contributed by atoms with Crippen molar-refractivity contribution >= 4 is 0 Å². The van der Waals surface area contributed by atoms with Crippen LogP contribution in [0.4, 0.5) is 0 Å². The zero-order valence-electron chi connectivity index (χ0n) is 32.9. The van der Waals surface area contributed by atoms with Crippen molar-refractivity contribution in [3.05, 3.63) is 201 Å². The average molecular weight is 804 g/mol. The van der Waals surface area contributed by atoms with Gasteiger partial charge in [0.2, 0.25) is 0 Å². The van der Waals surface area contributed by atoms with E-state index in [1.807, 2.05) is 164 Å². The van der Waals surface area contributed by atoms with Crippen LogP contribution in [0.1, 0.15) is 0 Å². The fourth-order valence-corrected chi connectivity index (χ4v) is 6.83. The van der Waals surface area contributed by atoms with E-state index < -0.39 is 0 Å². The first-order valence-electron chi connectivity index (χ1n) is 19.7. The molecule has 1 aromatic carbocycles. The predicted molar refractivity (Wildman–Crippen MR) is 238 cm³/mol. The van der Waals surface area contributed by atoms with Crippen molar-refractivity contribution in [2.75, 3.05) is 0 Å². The minimum absolute atomic E-state index is 0.502. The minimum Gasteiger partial charge on any atom is -0.457 e. The first-order chi connectivity index (χ1) is 30.7. The standard InChI is InChI=1S/C51H33N9O2/c1-7-19-52-40(13-1)46-27-35(28-47(58-46)41-14-2-8-20-53-41)34-25-36(61-38-30-48(42-15-3-9-21-54-42)59-49(31-38)43-16-4-10-22-55-43)29-37(26-34)62-39-32-50(44-17-5-11-23-56-44)60-51(33-39)45-18-6-12-24-57-45/h1-33H. The minimum atomic E-state index is 0.502. The van der Waals surface area contributed by atoms with Gasteiger partial charge in [0.15, 0.2) is 0 Å². The van der Waals surface area contributed by atoms with Gasteiger partial charge in [-0.3, -0.25) is 29.9 Å². The third kappa shape index (κ3) is 8.49. The van der Waals surface area contributed by atoms with Crippen molar-refractivity contribution in [3.63, 3.8) is 0 Å². The van der Waals surface area contributed by atoms with Crippen LogP contribution in [0.15, 0.2) is 201 Å². The quantitative estimate of drug-likeness (QED) is 0.124. The van der Waals surface area contributed by atoms with Crippen molar-refractivity contribution in [1.29, 1.82) is 0 Å². The summed E-state index contributed by atoms with van der Waals surface area (Å²) in [4.78, 5) is 42.5. The zero-order valence-corrected chi connectivity index (χ0v) is 32.9. The highest BCUT2D eigenvalue weighted by Gasteiger charge is 2.17. The van der Waals surface area contributed by atoms with Crippen LogP contribution in [0.25, 0.3) is 79.5 Å². The molecule has 9 heterocycles. The smallest absolute Gasteiger partial charge is 0.131 e. The monoisotopic (exact) mass is 803 g/mol.